The van der Waals surface area contributed by atoms with Gasteiger partial charge in [-0.1, -0.05) is 18.2 Å². The minimum Gasteiger partial charge on any atom is -0.357 e. The van der Waals surface area contributed by atoms with Gasteiger partial charge >= 0.3 is 0 Å². The van der Waals surface area contributed by atoms with E-state index in [0.29, 0.717) is 6.67 Å². The third kappa shape index (κ3) is 2.66. The molecular formula is C16H22N4O. The van der Waals surface area contributed by atoms with Gasteiger partial charge in [0.05, 0.1) is 12.7 Å². The zero-order valence-corrected chi connectivity index (χ0v) is 12.7. The predicted octanol–water partition coefficient (Wildman–Crippen LogP) is 1.38. The van der Waals surface area contributed by atoms with Crippen molar-refractivity contribution in [1.82, 2.24) is 20.5 Å². The number of fused-ring (bicyclic) bond motifs is 3. The molecule has 0 saturated carbocycles. The quantitative estimate of drug-likeness (QED) is 0.747. The fourth-order valence-electron chi connectivity index (χ4n) is 2.99. The number of rotatable bonds is 3. The first-order valence-corrected chi connectivity index (χ1v) is 7.34. The number of amides is 1. The summed E-state index contributed by atoms with van der Waals surface area (Å²) in [6.45, 7) is 2.66. The number of hydrogen-bond acceptors (Lipinski definition) is 3. The smallest absolute Gasteiger partial charge is 0.238 e. The van der Waals surface area contributed by atoms with E-state index in [1.807, 2.05) is 31.1 Å². The number of benzene rings is 1. The molecule has 0 spiro atoms. The summed E-state index contributed by atoms with van der Waals surface area (Å²) in [6.07, 6.45) is 0.725. The molecule has 0 aliphatic carbocycles. The Morgan fingerprint density at radius 2 is 2.14 bits per heavy atom. The van der Waals surface area contributed by atoms with Crippen molar-refractivity contribution in [3.8, 4) is 0 Å². The second-order valence-corrected chi connectivity index (χ2v) is 5.99. The molecule has 2 heterocycles. The van der Waals surface area contributed by atoms with E-state index in [2.05, 4.69) is 34.7 Å². The molecule has 2 aromatic rings. The molecule has 2 atom stereocenters. The van der Waals surface area contributed by atoms with Crippen molar-refractivity contribution < 1.29 is 4.79 Å². The van der Waals surface area contributed by atoms with E-state index in [1.165, 1.54) is 16.6 Å². The van der Waals surface area contributed by atoms with Gasteiger partial charge in [0.1, 0.15) is 0 Å². The molecule has 0 unspecified atom stereocenters. The van der Waals surface area contributed by atoms with Crippen molar-refractivity contribution in [1.29, 1.82) is 0 Å². The lowest BCUT2D eigenvalue weighted by Crippen LogP contribution is -2.50. The molecule has 3 N–H and O–H groups in total. The summed E-state index contributed by atoms with van der Waals surface area (Å²) in [5.41, 5.74) is 3.61. The van der Waals surface area contributed by atoms with Crippen LogP contribution in [0, 0.1) is 0 Å². The number of carbonyl (C=O) groups is 1. The number of hydrogen-bond donors (Lipinski definition) is 3. The van der Waals surface area contributed by atoms with Crippen molar-refractivity contribution >= 4 is 16.8 Å². The van der Waals surface area contributed by atoms with Crippen LogP contribution in [0.1, 0.15) is 24.2 Å². The number of H-pyrrole nitrogens is 1. The van der Waals surface area contributed by atoms with E-state index in [9.17, 15) is 4.79 Å². The number of nitrogens with zero attached hydrogens (tertiary/aromatic N) is 1. The highest BCUT2D eigenvalue weighted by Gasteiger charge is 2.30. The Labute approximate surface area is 124 Å². The van der Waals surface area contributed by atoms with E-state index in [0.717, 1.165) is 11.9 Å². The molecule has 5 nitrogen and oxygen atoms in total. The molecule has 0 fully saturated rings. The van der Waals surface area contributed by atoms with Gasteiger partial charge in [-0.25, -0.2) is 0 Å². The highest BCUT2D eigenvalue weighted by Crippen LogP contribution is 2.31. The predicted molar refractivity (Wildman–Crippen MR) is 84.0 cm³/mol. The number of para-hydroxylation sites is 1. The monoisotopic (exact) mass is 286 g/mol. The van der Waals surface area contributed by atoms with Crippen LogP contribution in [0.15, 0.2) is 24.3 Å². The standard InChI is InChI=1S/C16H22N4O/c1-10-15-12(11-6-4-5-7-13(11)19-15)8-14(18-10)16(21)17-9-20(2)3/h4-7,10,14,18-19H,8-9H2,1-3H3,(H,17,21)/t10-,14-/m0/s1. The fourth-order valence-corrected chi connectivity index (χ4v) is 2.99. The molecule has 112 valence electrons. The molecule has 21 heavy (non-hydrogen) atoms. The molecule has 0 radical (unpaired) electrons. The normalized spacial score (nSPS) is 21.5. The van der Waals surface area contributed by atoms with Gasteiger partial charge < -0.3 is 10.3 Å². The molecule has 1 aromatic heterocycles. The number of nitrogens with one attached hydrogen (secondary N) is 3. The highest BCUT2D eigenvalue weighted by atomic mass is 16.2. The molecule has 1 aliphatic heterocycles. The van der Waals surface area contributed by atoms with Crippen molar-refractivity contribution in [2.24, 2.45) is 0 Å². The Hall–Kier alpha value is -1.85. The molecular weight excluding hydrogens is 264 g/mol. The van der Waals surface area contributed by atoms with Crippen LogP contribution < -0.4 is 10.6 Å². The van der Waals surface area contributed by atoms with Gasteiger partial charge in [-0.2, -0.15) is 0 Å². The maximum Gasteiger partial charge on any atom is 0.238 e. The minimum absolute atomic E-state index is 0.0616. The van der Waals surface area contributed by atoms with Crippen LogP contribution in [0.5, 0.6) is 0 Å². The molecule has 1 aliphatic rings. The summed E-state index contributed by atoms with van der Waals surface area (Å²) in [5, 5.41) is 7.58. The molecule has 5 heteroatoms. The van der Waals surface area contributed by atoms with Gasteiger partial charge in [0.15, 0.2) is 0 Å². The Kier molecular flexibility index (Phi) is 3.69. The van der Waals surface area contributed by atoms with Gasteiger partial charge in [0.25, 0.3) is 0 Å². The van der Waals surface area contributed by atoms with Crippen LogP contribution in [0.3, 0.4) is 0 Å². The lowest BCUT2D eigenvalue weighted by atomic mass is 9.94. The molecule has 0 saturated heterocycles. The summed E-state index contributed by atoms with van der Waals surface area (Å²) in [5.74, 6) is 0.0616. The van der Waals surface area contributed by atoms with E-state index in [-0.39, 0.29) is 18.0 Å². The topological polar surface area (TPSA) is 60.2 Å². The van der Waals surface area contributed by atoms with Crippen LogP contribution in [0.4, 0.5) is 0 Å². The number of aromatic nitrogens is 1. The van der Waals surface area contributed by atoms with Crippen molar-refractivity contribution in [3.05, 3.63) is 35.5 Å². The summed E-state index contributed by atoms with van der Waals surface area (Å²) in [6, 6.07) is 8.26. The van der Waals surface area contributed by atoms with E-state index in [1.54, 1.807) is 0 Å². The first-order valence-electron chi connectivity index (χ1n) is 7.34. The van der Waals surface area contributed by atoms with E-state index >= 15 is 0 Å². The van der Waals surface area contributed by atoms with Gasteiger partial charge in [0, 0.05) is 22.6 Å². The van der Waals surface area contributed by atoms with Crippen LogP contribution in [0.2, 0.25) is 0 Å². The Morgan fingerprint density at radius 1 is 1.38 bits per heavy atom. The largest absolute Gasteiger partial charge is 0.357 e. The molecule has 3 rings (SSSR count). The Balaban J connectivity index is 1.85. The summed E-state index contributed by atoms with van der Waals surface area (Å²) in [4.78, 5) is 17.7. The van der Waals surface area contributed by atoms with Crippen LogP contribution >= 0.6 is 0 Å². The summed E-state index contributed by atoms with van der Waals surface area (Å²) < 4.78 is 0. The number of carbonyl (C=O) groups excluding carboxylic acids is 1. The van der Waals surface area contributed by atoms with Gasteiger partial charge in [0.2, 0.25) is 5.91 Å². The van der Waals surface area contributed by atoms with E-state index < -0.39 is 0 Å². The zero-order chi connectivity index (χ0) is 15.0. The van der Waals surface area contributed by atoms with Crippen LogP contribution in [-0.2, 0) is 11.2 Å². The SMILES string of the molecule is C[C@@H]1N[C@H](C(=O)NCN(C)C)Cc2c1[nH]c1ccccc21. The van der Waals surface area contributed by atoms with Crippen molar-refractivity contribution in [2.45, 2.75) is 25.4 Å². The first-order chi connectivity index (χ1) is 10.1. The van der Waals surface area contributed by atoms with Crippen molar-refractivity contribution in [2.75, 3.05) is 20.8 Å². The third-order valence-corrected chi connectivity index (χ3v) is 4.03. The van der Waals surface area contributed by atoms with Crippen LogP contribution in [-0.4, -0.2) is 42.6 Å². The zero-order valence-electron chi connectivity index (χ0n) is 12.7. The van der Waals surface area contributed by atoms with Crippen molar-refractivity contribution in [3.63, 3.8) is 0 Å². The Bertz CT molecular complexity index is 661. The molecule has 0 bridgehead atoms. The summed E-state index contributed by atoms with van der Waals surface area (Å²) >= 11 is 0. The highest BCUT2D eigenvalue weighted by molar-refractivity contribution is 5.88. The lowest BCUT2D eigenvalue weighted by molar-refractivity contribution is -0.124. The molecule has 1 aromatic carbocycles. The second kappa shape index (κ2) is 5.50. The fraction of sp³-hybridized carbons (Fsp3) is 0.438. The minimum atomic E-state index is -0.174. The van der Waals surface area contributed by atoms with Crippen LogP contribution in [0.25, 0.3) is 10.9 Å². The molecule has 1 amide bonds. The summed E-state index contributed by atoms with van der Waals surface area (Å²) in [7, 11) is 3.88. The van der Waals surface area contributed by atoms with Gasteiger partial charge in [-0.3, -0.25) is 15.0 Å². The van der Waals surface area contributed by atoms with Gasteiger partial charge in [-0.15, -0.1) is 0 Å². The number of aromatic amines is 1. The second-order valence-electron chi connectivity index (χ2n) is 5.99. The average molecular weight is 286 g/mol. The average Bonchev–Trinajstić information content (AvgIpc) is 2.84. The maximum absolute atomic E-state index is 12.3. The maximum atomic E-state index is 12.3. The first kappa shape index (κ1) is 14.1. The van der Waals surface area contributed by atoms with E-state index in [4.69, 9.17) is 0 Å². The lowest BCUT2D eigenvalue weighted by Gasteiger charge is -2.29. The Morgan fingerprint density at radius 3 is 2.90 bits per heavy atom. The third-order valence-electron chi connectivity index (χ3n) is 4.03. The van der Waals surface area contributed by atoms with Gasteiger partial charge in [-0.05, 0) is 39.1 Å².